The van der Waals surface area contributed by atoms with Crippen LogP contribution in [-0.2, 0) is 0 Å². The maximum atomic E-state index is 3.60. The van der Waals surface area contributed by atoms with Crippen LogP contribution in [0.2, 0.25) is 39.3 Å². The Morgan fingerprint density at radius 2 is 0.780 bits per heavy atom. The third-order valence-corrected chi connectivity index (χ3v) is 9.35. The van der Waals surface area contributed by atoms with Crippen molar-refractivity contribution >= 4 is 27.5 Å². The van der Waals surface area contributed by atoms with Gasteiger partial charge in [0.15, 0.2) is 0 Å². The van der Waals surface area contributed by atoms with Crippen molar-refractivity contribution < 1.29 is 0 Å². The molecule has 1 aliphatic rings. The van der Waals surface area contributed by atoms with Crippen molar-refractivity contribution in [2.45, 2.75) is 118 Å². The van der Waals surface area contributed by atoms with Crippen molar-refractivity contribution in [3.8, 4) is 22.9 Å². The smallest absolute Gasteiger partial charge is 0.129 e. The Hall–Kier alpha value is -2.41. The van der Waals surface area contributed by atoms with E-state index in [1.165, 1.54) is 44.8 Å². The monoisotopic (exact) mass is 584 g/mol. The van der Waals surface area contributed by atoms with Crippen molar-refractivity contribution in [3.05, 3.63) is 57.6 Å². The van der Waals surface area contributed by atoms with Gasteiger partial charge < -0.3 is 9.80 Å². The number of rotatable bonds is 6. The first-order valence-electron chi connectivity index (χ1n) is 15.8. The molecule has 3 rings (SSSR count). The van der Waals surface area contributed by atoms with Crippen molar-refractivity contribution in [3.63, 3.8) is 0 Å². The molecule has 4 heteroatoms. The Morgan fingerprint density at radius 3 is 1.00 bits per heavy atom. The van der Waals surface area contributed by atoms with Gasteiger partial charge in [0.1, 0.15) is 16.1 Å². The van der Waals surface area contributed by atoms with Gasteiger partial charge in [-0.3, -0.25) is 0 Å². The molecule has 0 bridgehead atoms. The van der Waals surface area contributed by atoms with Crippen LogP contribution in [0.3, 0.4) is 0 Å². The molecule has 2 aromatic rings. The van der Waals surface area contributed by atoms with E-state index < -0.39 is 16.1 Å². The summed E-state index contributed by atoms with van der Waals surface area (Å²) in [6, 6.07) is 9.53. The molecule has 1 saturated heterocycles. The summed E-state index contributed by atoms with van der Waals surface area (Å²) in [5.74, 6) is 8.88. The largest absolute Gasteiger partial charge is 0.352 e. The van der Waals surface area contributed by atoms with Crippen LogP contribution in [0.25, 0.3) is 0 Å². The fourth-order valence-corrected chi connectivity index (χ4v) is 6.51. The first kappa shape index (κ1) is 33.1. The second-order valence-corrected chi connectivity index (χ2v) is 24.8. The van der Waals surface area contributed by atoms with E-state index >= 15 is 0 Å². The Bertz CT molecular complexity index is 1200. The quantitative estimate of drug-likeness (QED) is 0.246. The molecule has 1 aliphatic heterocycles. The van der Waals surface area contributed by atoms with Crippen LogP contribution in [0.5, 0.6) is 0 Å². The summed E-state index contributed by atoms with van der Waals surface area (Å²) in [5.41, 5.74) is 18.2. The molecule has 0 atom stereocenters. The highest BCUT2D eigenvalue weighted by Gasteiger charge is 2.30. The molecule has 0 aliphatic carbocycles. The highest BCUT2D eigenvalue weighted by Crippen LogP contribution is 2.41. The van der Waals surface area contributed by atoms with Crippen LogP contribution >= 0.6 is 0 Å². The van der Waals surface area contributed by atoms with Crippen LogP contribution in [0, 0.1) is 22.9 Å². The van der Waals surface area contributed by atoms with Gasteiger partial charge in [-0.25, -0.2) is 0 Å². The van der Waals surface area contributed by atoms with Gasteiger partial charge in [0.2, 0.25) is 0 Å². The first-order chi connectivity index (χ1) is 18.9. The third-order valence-electron chi connectivity index (χ3n) is 7.60. The highest BCUT2D eigenvalue weighted by molar-refractivity contribution is 6.84. The highest BCUT2D eigenvalue weighted by atomic mass is 28.3. The summed E-state index contributed by atoms with van der Waals surface area (Å²) in [5, 5.41) is 0. The van der Waals surface area contributed by atoms with Crippen molar-refractivity contribution in [2.75, 3.05) is 29.6 Å². The van der Waals surface area contributed by atoms with E-state index in [-0.39, 0.29) is 0 Å². The van der Waals surface area contributed by atoms with Gasteiger partial charge in [-0.05, 0) is 70.2 Å². The summed E-state index contributed by atoms with van der Waals surface area (Å²) in [6.07, 6.45) is 0. The van der Waals surface area contributed by atoms with Crippen molar-refractivity contribution in [1.82, 2.24) is 0 Å². The Balaban J connectivity index is 2.13. The van der Waals surface area contributed by atoms with Crippen molar-refractivity contribution in [2.24, 2.45) is 0 Å². The Kier molecular flexibility index (Phi) is 10.4. The van der Waals surface area contributed by atoms with E-state index in [9.17, 15) is 0 Å². The fourth-order valence-electron chi connectivity index (χ4n) is 5.47. The Morgan fingerprint density at radius 1 is 0.512 bits per heavy atom. The van der Waals surface area contributed by atoms with E-state index in [1.54, 1.807) is 0 Å². The summed E-state index contributed by atoms with van der Waals surface area (Å²) in [4.78, 5) is 5.29. The van der Waals surface area contributed by atoms with E-state index in [2.05, 4.69) is 152 Å². The molecule has 1 heterocycles. The molecule has 222 valence electrons. The van der Waals surface area contributed by atoms with Crippen LogP contribution in [0.15, 0.2) is 24.3 Å². The first-order valence-corrected chi connectivity index (χ1v) is 22.8. The maximum absolute atomic E-state index is 3.60. The molecule has 0 saturated carbocycles. The molecular weight excluding hydrogens is 529 g/mol. The van der Waals surface area contributed by atoms with Gasteiger partial charge in [-0.1, -0.05) is 107 Å². The molecule has 0 N–H and O–H groups in total. The third kappa shape index (κ3) is 8.56. The normalized spacial score (nSPS) is 14.2. The molecule has 41 heavy (non-hydrogen) atoms. The van der Waals surface area contributed by atoms with Crippen LogP contribution < -0.4 is 9.80 Å². The van der Waals surface area contributed by atoms with Gasteiger partial charge in [0, 0.05) is 35.6 Å². The zero-order chi connectivity index (χ0) is 30.9. The van der Waals surface area contributed by atoms with Gasteiger partial charge in [0.05, 0.1) is 6.67 Å². The molecule has 0 radical (unpaired) electrons. The van der Waals surface area contributed by atoms with Crippen LogP contribution in [-0.4, -0.2) is 35.9 Å². The van der Waals surface area contributed by atoms with E-state index in [1.807, 2.05) is 0 Å². The van der Waals surface area contributed by atoms with E-state index in [4.69, 9.17) is 0 Å². The molecule has 0 unspecified atom stereocenters. The van der Waals surface area contributed by atoms with Gasteiger partial charge in [-0.15, -0.1) is 11.1 Å². The van der Waals surface area contributed by atoms with Gasteiger partial charge >= 0.3 is 0 Å². The summed E-state index contributed by atoms with van der Waals surface area (Å²) < 4.78 is 0. The average molecular weight is 585 g/mol. The minimum atomic E-state index is -1.45. The zero-order valence-electron chi connectivity index (χ0n) is 28.6. The standard InChI is InChI=1S/C37H56N2Si2/c1-26(2)32-21-30(15-19-40(9,10)11)22-33(27(3)4)36(32)38-17-18-39(25-38)37-34(28(5)6)23-31(16-20-41(12,13)14)24-35(37)29(7)8/h21-24,26-29H,17-18,25H2,1-14H3. The second-order valence-electron chi connectivity index (χ2n) is 15.3. The number of hydrogen-bond donors (Lipinski definition) is 0. The summed E-state index contributed by atoms with van der Waals surface area (Å²) in [6.45, 7) is 35.6. The molecular formula is C37H56N2Si2. The SMILES string of the molecule is CC(C)c1cc(C#C[Si](C)(C)C)cc(C(C)C)c1N1CCN(c2c(C(C)C)cc(C#C[Si](C)(C)C)cc2C(C)C)C1. The van der Waals surface area contributed by atoms with Gasteiger partial charge in [0.25, 0.3) is 0 Å². The van der Waals surface area contributed by atoms with Crippen LogP contribution in [0.1, 0.15) is 112 Å². The zero-order valence-corrected chi connectivity index (χ0v) is 30.6. The lowest BCUT2D eigenvalue weighted by Gasteiger charge is -2.31. The molecule has 2 aromatic carbocycles. The minimum Gasteiger partial charge on any atom is -0.352 e. The molecule has 1 fully saturated rings. The topological polar surface area (TPSA) is 6.48 Å². The fraction of sp³-hybridized carbons (Fsp3) is 0.568. The number of benzene rings is 2. The number of hydrogen-bond acceptors (Lipinski definition) is 2. The summed E-state index contributed by atoms with van der Waals surface area (Å²) in [7, 11) is -2.90. The lowest BCUT2D eigenvalue weighted by Crippen LogP contribution is -2.28. The lowest BCUT2D eigenvalue weighted by atomic mass is 9.89. The number of nitrogens with zero attached hydrogens (tertiary/aromatic N) is 2. The maximum Gasteiger partial charge on any atom is 0.129 e. The minimum absolute atomic E-state index is 0.437. The summed E-state index contributed by atoms with van der Waals surface area (Å²) >= 11 is 0. The van der Waals surface area contributed by atoms with E-state index in [0.717, 1.165) is 19.8 Å². The molecule has 2 nitrogen and oxygen atoms in total. The Labute approximate surface area is 255 Å². The predicted molar refractivity (Wildman–Crippen MR) is 189 cm³/mol. The molecule has 0 aromatic heterocycles. The van der Waals surface area contributed by atoms with Crippen molar-refractivity contribution in [1.29, 1.82) is 0 Å². The van der Waals surface area contributed by atoms with E-state index in [0.29, 0.717) is 23.7 Å². The van der Waals surface area contributed by atoms with Crippen LogP contribution in [0.4, 0.5) is 11.4 Å². The average Bonchev–Trinajstić information content (AvgIpc) is 3.33. The molecule has 0 amide bonds. The van der Waals surface area contributed by atoms with Gasteiger partial charge in [-0.2, -0.15) is 0 Å². The molecule has 0 spiro atoms. The second kappa shape index (κ2) is 12.8. The lowest BCUT2D eigenvalue weighted by molar-refractivity contribution is 0.797. The number of anilines is 2. The predicted octanol–water partition coefficient (Wildman–Crippen LogP) is 9.92.